The zero-order valence-corrected chi connectivity index (χ0v) is 20.9. The van der Waals surface area contributed by atoms with E-state index in [-0.39, 0.29) is 11.7 Å². The van der Waals surface area contributed by atoms with Crippen LogP contribution in [0.1, 0.15) is 47.0 Å². The fourth-order valence-corrected chi connectivity index (χ4v) is 4.89. The van der Waals surface area contributed by atoms with E-state index in [1.807, 2.05) is 42.5 Å². The molecular weight excluding hydrogens is 456 g/mol. The summed E-state index contributed by atoms with van der Waals surface area (Å²) in [6.45, 7) is 6.41. The monoisotopic (exact) mass is 484 g/mol. The Morgan fingerprint density at radius 2 is 1.74 bits per heavy atom. The molecule has 0 aliphatic heterocycles. The predicted molar refractivity (Wildman–Crippen MR) is 141 cm³/mol. The fraction of sp³-hybridized carbons (Fsp3) is 0.214. The van der Waals surface area contributed by atoms with E-state index < -0.39 is 5.25 Å². The number of amides is 1. The number of ketones is 1. The number of carbonyl (C=O) groups excluding carboxylic acids is 2. The molecule has 1 atom stereocenters. The van der Waals surface area contributed by atoms with Crippen LogP contribution in [0.15, 0.2) is 84.0 Å². The van der Waals surface area contributed by atoms with Crippen molar-refractivity contribution in [1.82, 2.24) is 14.8 Å². The van der Waals surface area contributed by atoms with E-state index >= 15 is 0 Å². The average Bonchev–Trinajstić information content (AvgIpc) is 3.25. The van der Waals surface area contributed by atoms with Gasteiger partial charge in [0.2, 0.25) is 5.91 Å². The lowest BCUT2D eigenvalue weighted by Crippen LogP contribution is -2.20. The second-order valence-electron chi connectivity index (χ2n) is 8.36. The van der Waals surface area contributed by atoms with Crippen LogP contribution in [0.25, 0.3) is 11.4 Å². The van der Waals surface area contributed by atoms with Gasteiger partial charge in [0.1, 0.15) is 5.25 Å². The number of nitrogens with one attached hydrogen (secondary N) is 1. The predicted octanol–water partition coefficient (Wildman–Crippen LogP) is 6.34. The molecule has 0 fully saturated rings. The summed E-state index contributed by atoms with van der Waals surface area (Å²) >= 11 is 1.38. The summed E-state index contributed by atoms with van der Waals surface area (Å²) in [6, 6.07) is 24.8. The Bertz CT molecular complexity index is 1330. The molecular formula is C28H28N4O2S. The Labute approximate surface area is 209 Å². The topological polar surface area (TPSA) is 76.9 Å². The number of carbonyl (C=O) groups is 2. The highest BCUT2D eigenvalue weighted by molar-refractivity contribution is 8.00. The van der Waals surface area contributed by atoms with Crippen LogP contribution in [0.5, 0.6) is 0 Å². The molecule has 1 unspecified atom stereocenters. The number of anilines is 1. The molecule has 0 saturated carbocycles. The van der Waals surface area contributed by atoms with Gasteiger partial charge in [-0.15, -0.1) is 10.2 Å². The van der Waals surface area contributed by atoms with Gasteiger partial charge >= 0.3 is 0 Å². The van der Waals surface area contributed by atoms with Crippen LogP contribution < -0.4 is 5.32 Å². The molecule has 178 valence electrons. The zero-order chi connectivity index (χ0) is 24.8. The third-order valence-corrected chi connectivity index (χ3v) is 6.78. The molecule has 6 nitrogen and oxygen atoms in total. The average molecular weight is 485 g/mol. The maximum absolute atomic E-state index is 13.5. The molecule has 0 aliphatic rings. The third kappa shape index (κ3) is 5.87. The summed E-state index contributed by atoms with van der Waals surface area (Å²) in [6.07, 6.45) is 0.907. The van der Waals surface area contributed by atoms with Crippen molar-refractivity contribution in [3.8, 4) is 11.4 Å². The Hall–Kier alpha value is -3.71. The van der Waals surface area contributed by atoms with Crippen LogP contribution in [0.3, 0.4) is 0 Å². The first kappa shape index (κ1) is 24.4. The van der Waals surface area contributed by atoms with E-state index in [2.05, 4.69) is 46.1 Å². The van der Waals surface area contributed by atoms with E-state index in [0.717, 1.165) is 35.5 Å². The Morgan fingerprint density at radius 3 is 2.46 bits per heavy atom. The molecule has 0 aliphatic carbocycles. The van der Waals surface area contributed by atoms with Gasteiger partial charge in [0, 0.05) is 23.4 Å². The molecule has 4 rings (SSSR count). The summed E-state index contributed by atoms with van der Waals surface area (Å²) in [7, 11) is 0. The van der Waals surface area contributed by atoms with E-state index in [1.54, 1.807) is 24.3 Å². The summed E-state index contributed by atoms with van der Waals surface area (Å²) < 4.78 is 2.08. The minimum Gasteiger partial charge on any atom is -0.325 e. The van der Waals surface area contributed by atoms with Crippen LogP contribution in [0.4, 0.5) is 5.69 Å². The summed E-state index contributed by atoms with van der Waals surface area (Å²) in [5.41, 5.74) is 4.15. The molecule has 1 amide bonds. The van der Waals surface area contributed by atoms with Gasteiger partial charge in [0.05, 0.1) is 0 Å². The number of benzene rings is 3. The number of hydrogen-bond acceptors (Lipinski definition) is 5. The second-order valence-corrected chi connectivity index (χ2v) is 9.43. The first-order valence-electron chi connectivity index (χ1n) is 11.6. The van der Waals surface area contributed by atoms with Crippen molar-refractivity contribution in [2.24, 2.45) is 0 Å². The third-order valence-electron chi connectivity index (χ3n) is 5.54. The highest BCUT2D eigenvalue weighted by Gasteiger charge is 2.26. The summed E-state index contributed by atoms with van der Waals surface area (Å²) in [5, 5.41) is 12.1. The quantitative estimate of drug-likeness (QED) is 0.222. The van der Waals surface area contributed by atoms with Gasteiger partial charge in [-0.1, -0.05) is 84.9 Å². The molecule has 0 spiro atoms. The largest absolute Gasteiger partial charge is 0.325 e. The Balaban J connectivity index is 1.68. The highest BCUT2D eigenvalue weighted by Crippen LogP contribution is 2.37. The standard InChI is InChI=1S/C28H28N4O2S/c1-4-16-32-26(23-14-8-10-19(2)17-23)30-31-28(32)35-25(21-11-6-5-7-12-21)27(34)29-24-15-9-13-22(18-24)20(3)33/h5-15,17-18,25H,4,16H2,1-3H3,(H,29,34). The van der Waals surface area contributed by atoms with Crippen LogP contribution in [0.2, 0.25) is 0 Å². The van der Waals surface area contributed by atoms with Gasteiger partial charge in [0.15, 0.2) is 16.8 Å². The number of aryl methyl sites for hydroxylation is 1. The number of thioether (sulfide) groups is 1. The van der Waals surface area contributed by atoms with Crippen LogP contribution in [-0.4, -0.2) is 26.5 Å². The van der Waals surface area contributed by atoms with Crippen LogP contribution in [0, 0.1) is 6.92 Å². The van der Waals surface area contributed by atoms with Crippen molar-refractivity contribution in [1.29, 1.82) is 0 Å². The lowest BCUT2D eigenvalue weighted by atomic mass is 10.1. The maximum atomic E-state index is 13.5. The summed E-state index contributed by atoms with van der Waals surface area (Å²) in [4.78, 5) is 25.3. The number of rotatable bonds is 9. The number of Topliss-reactive ketones (excluding diaryl/α,β-unsaturated/α-hetero) is 1. The second kappa shape index (κ2) is 11.1. The molecule has 1 N–H and O–H groups in total. The fourth-order valence-electron chi connectivity index (χ4n) is 3.83. The van der Waals surface area contributed by atoms with Crippen LogP contribution >= 0.6 is 11.8 Å². The van der Waals surface area contributed by atoms with Crippen molar-refractivity contribution in [3.05, 3.63) is 95.6 Å². The zero-order valence-electron chi connectivity index (χ0n) is 20.1. The number of hydrogen-bond donors (Lipinski definition) is 1. The molecule has 0 bridgehead atoms. The normalized spacial score (nSPS) is 11.7. The smallest absolute Gasteiger partial charge is 0.242 e. The summed E-state index contributed by atoms with van der Waals surface area (Å²) in [5.74, 6) is 0.552. The van der Waals surface area contributed by atoms with Crippen LogP contribution in [-0.2, 0) is 11.3 Å². The first-order chi connectivity index (χ1) is 17.0. The van der Waals surface area contributed by atoms with Gasteiger partial charge in [-0.2, -0.15) is 0 Å². The molecule has 0 saturated heterocycles. The first-order valence-corrected chi connectivity index (χ1v) is 12.5. The van der Waals surface area contributed by atoms with E-state index in [4.69, 9.17) is 0 Å². The molecule has 0 radical (unpaired) electrons. The van der Waals surface area contributed by atoms with Crippen molar-refractivity contribution in [2.75, 3.05) is 5.32 Å². The van der Waals surface area contributed by atoms with Gasteiger partial charge in [-0.25, -0.2) is 0 Å². The van der Waals surface area contributed by atoms with Crippen molar-refractivity contribution in [3.63, 3.8) is 0 Å². The number of aromatic nitrogens is 3. The van der Waals surface area contributed by atoms with Gasteiger partial charge in [-0.05, 0) is 44.0 Å². The minimum absolute atomic E-state index is 0.0496. The lowest BCUT2D eigenvalue weighted by molar-refractivity contribution is -0.115. The van der Waals surface area contributed by atoms with Gasteiger partial charge < -0.3 is 9.88 Å². The van der Waals surface area contributed by atoms with Gasteiger partial charge in [0.25, 0.3) is 0 Å². The molecule has 35 heavy (non-hydrogen) atoms. The Kier molecular flexibility index (Phi) is 7.77. The molecule has 1 heterocycles. The molecule has 1 aromatic heterocycles. The maximum Gasteiger partial charge on any atom is 0.242 e. The lowest BCUT2D eigenvalue weighted by Gasteiger charge is -2.18. The van der Waals surface area contributed by atoms with Crippen molar-refractivity contribution < 1.29 is 9.59 Å². The van der Waals surface area contributed by atoms with E-state index in [1.165, 1.54) is 18.7 Å². The molecule has 3 aromatic carbocycles. The Morgan fingerprint density at radius 1 is 0.971 bits per heavy atom. The minimum atomic E-state index is -0.553. The van der Waals surface area contributed by atoms with Gasteiger partial charge in [-0.3, -0.25) is 9.59 Å². The van der Waals surface area contributed by atoms with Crippen molar-refractivity contribution >= 4 is 29.1 Å². The van der Waals surface area contributed by atoms with E-state index in [9.17, 15) is 9.59 Å². The molecule has 7 heteroatoms. The number of nitrogens with zero attached hydrogens (tertiary/aromatic N) is 3. The molecule has 4 aromatic rings. The highest BCUT2D eigenvalue weighted by atomic mass is 32.2. The van der Waals surface area contributed by atoms with Crippen molar-refractivity contribution in [2.45, 2.75) is 44.1 Å². The van der Waals surface area contributed by atoms with E-state index in [0.29, 0.717) is 16.4 Å². The SMILES string of the molecule is CCCn1c(SC(C(=O)Nc2cccc(C(C)=O)c2)c2ccccc2)nnc1-c1cccc(C)c1.